The monoisotopic (exact) mass is 327 g/mol. The molecule has 0 fully saturated rings. The van der Waals surface area contributed by atoms with Gasteiger partial charge in [0.15, 0.2) is 0 Å². The third-order valence-electron chi connectivity index (χ3n) is 3.10. The molecule has 0 atom stereocenters. The van der Waals surface area contributed by atoms with Crippen LogP contribution >= 0.6 is 0 Å². The Morgan fingerprint density at radius 3 is 2.45 bits per heavy atom. The molecule has 0 bridgehead atoms. The summed E-state index contributed by atoms with van der Waals surface area (Å²) in [6.45, 7) is 2.86. The lowest BCUT2D eigenvalue weighted by molar-refractivity contribution is -0.116. The van der Waals surface area contributed by atoms with Crippen LogP contribution in [0.2, 0.25) is 0 Å². The zero-order valence-corrected chi connectivity index (χ0v) is 14.5. The summed E-state index contributed by atoms with van der Waals surface area (Å²) in [6, 6.07) is 7.40. The van der Waals surface area contributed by atoms with Crippen molar-refractivity contribution in [1.29, 1.82) is 0 Å². The summed E-state index contributed by atoms with van der Waals surface area (Å²) in [6.07, 6.45) is 1.81. The third-order valence-corrected chi connectivity index (χ3v) is 4.35. The molecule has 0 aliphatic heterocycles. The summed E-state index contributed by atoms with van der Waals surface area (Å²) in [7, 11) is 0.447. The minimum Gasteiger partial charge on any atom is -0.325 e. The minimum atomic E-state index is -3.40. The quantitative estimate of drug-likeness (QED) is 0.777. The molecule has 1 amide bonds. The highest BCUT2D eigenvalue weighted by Crippen LogP contribution is 2.10. The van der Waals surface area contributed by atoms with Crippen molar-refractivity contribution >= 4 is 21.6 Å². The van der Waals surface area contributed by atoms with Crippen LogP contribution in [0, 0.1) is 6.92 Å². The fraction of sp³-hybridized carbons (Fsp3) is 0.533. The van der Waals surface area contributed by atoms with Crippen LogP contribution in [0.3, 0.4) is 0 Å². The summed E-state index contributed by atoms with van der Waals surface area (Å²) < 4.78 is 24.8. The van der Waals surface area contributed by atoms with Gasteiger partial charge in [-0.3, -0.25) is 4.79 Å². The fourth-order valence-corrected chi connectivity index (χ4v) is 2.82. The molecule has 1 aromatic rings. The fourth-order valence-electron chi connectivity index (χ4n) is 2.01. The van der Waals surface area contributed by atoms with Gasteiger partial charge in [0, 0.05) is 12.2 Å². The summed E-state index contributed by atoms with van der Waals surface area (Å²) >= 11 is 0. The predicted molar refractivity (Wildman–Crippen MR) is 89.4 cm³/mol. The van der Waals surface area contributed by atoms with Gasteiger partial charge in [-0.2, -0.15) is 4.31 Å². The molecule has 0 saturated heterocycles. The van der Waals surface area contributed by atoms with Crippen LogP contribution in [0.5, 0.6) is 0 Å². The van der Waals surface area contributed by atoms with E-state index in [2.05, 4.69) is 5.32 Å². The second kappa shape index (κ2) is 8.26. The molecular formula is C15H25N3O3S. The number of sulfonamides is 1. The maximum Gasteiger partial charge on any atom is 0.239 e. The molecule has 0 saturated carbocycles. The maximum absolute atomic E-state index is 12.1. The third kappa shape index (κ3) is 7.02. The van der Waals surface area contributed by atoms with Crippen molar-refractivity contribution < 1.29 is 13.2 Å². The van der Waals surface area contributed by atoms with Gasteiger partial charge in [-0.1, -0.05) is 12.1 Å². The molecule has 1 N–H and O–H groups in total. The van der Waals surface area contributed by atoms with Crippen molar-refractivity contribution in [3.05, 3.63) is 29.8 Å². The van der Waals surface area contributed by atoms with E-state index in [0.29, 0.717) is 18.7 Å². The molecule has 0 radical (unpaired) electrons. The lowest BCUT2D eigenvalue weighted by atomic mass is 10.2. The molecule has 22 heavy (non-hydrogen) atoms. The number of carbonyl (C=O) groups is 1. The second-order valence-corrected chi connectivity index (χ2v) is 7.65. The Labute approximate surface area is 133 Å². The van der Waals surface area contributed by atoms with Crippen LogP contribution in [0.15, 0.2) is 24.3 Å². The van der Waals surface area contributed by atoms with Gasteiger partial charge in [0.25, 0.3) is 0 Å². The zero-order chi connectivity index (χ0) is 16.8. The molecule has 0 heterocycles. The van der Waals surface area contributed by atoms with Crippen LogP contribution < -0.4 is 5.32 Å². The van der Waals surface area contributed by atoms with E-state index in [9.17, 15) is 13.2 Å². The summed E-state index contributed by atoms with van der Waals surface area (Å²) in [4.78, 5) is 14.0. The van der Waals surface area contributed by atoms with Gasteiger partial charge in [-0.05, 0) is 51.7 Å². The minimum absolute atomic E-state index is 0.166. The van der Waals surface area contributed by atoms with Crippen LogP contribution in [0.4, 0.5) is 5.69 Å². The molecule has 1 rings (SSSR count). The van der Waals surface area contributed by atoms with Crippen LogP contribution in [0.1, 0.15) is 12.0 Å². The molecule has 0 aliphatic rings. The van der Waals surface area contributed by atoms with E-state index >= 15 is 0 Å². The Hall–Kier alpha value is -1.44. The van der Waals surface area contributed by atoms with Crippen molar-refractivity contribution in [3.63, 3.8) is 0 Å². The van der Waals surface area contributed by atoms with Crippen molar-refractivity contribution in [3.8, 4) is 0 Å². The number of rotatable bonds is 8. The number of anilines is 1. The van der Waals surface area contributed by atoms with E-state index in [1.165, 1.54) is 4.31 Å². The molecule has 6 nitrogen and oxygen atoms in total. The number of hydrogen-bond acceptors (Lipinski definition) is 4. The highest BCUT2D eigenvalue weighted by molar-refractivity contribution is 7.88. The van der Waals surface area contributed by atoms with Crippen LogP contribution in [-0.4, -0.2) is 63.5 Å². The topological polar surface area (TPSA) is 69.7 Å². The van der Waals surface area contributed by atoms with Crippen molar-refractivity contribution in [2.75, 3.05) is 45.3 Å². The summed E-state index contributed by atoms with van der Waals surface area (Å²) in [5.41, 5.74) is 1.70. The molecule has 7 heteroatoms. The molecule has 0 aliphatic carbocycles. The largest absolute Gasteiger partial charge is 0.325 e. The summed E-state index contributed by atoms with van der Waals surface area (Å²) in [5, 5.41) is 2.73. The van der Waals surface area contributed by atoms with Crippen LogP contribution in [0.25, 0.3) is 0 Å². The highest BCUT2D eigenvalue weighted by Gasteiger charge is 2.19. The van der Waals surface area contributed by atoms with Crippen LogP contribution in [-0.2, 0) is 14.8 Å². The molecular weight excluding hydrogens is 302 g/mol. The number of aryl methyl sites for hydroxylation is 1. The van der Waals surface area contributed by atoms with E-state index in [1.807, 2.05) is 44.1 Å². The summed E-state index contributed by atoms with van der Waals surface area (Å²) in [5.74, 6) is -0.333. The van der Waals surface area contributed by atoms with Gasteiger partial charge in [0.2, 0.25) is 15.9 Å². The van der Waals surface area contributed by atoms with Gasteiger partial charge in [-0.15, -0.1) is 0 Å². The first-order valence-electron chi connectivity index (χ1n) is 7.15. The maximum atomic E-state index is 12.1. The van der Waals surface area contributed by atoms with Gasteiger partial charge >= 0.3 is 0 Å². The first-order chi connectivity index (χ1) is 10.2. The molecule has 0 unspecified atom stereocenters. The number of nitrogens with zero attached hydrogens (tertiary/aromatic N) is 2. The predicted octanol–water partition coefficient (Wildman–Crippen LogP) is 1.15. The standard InChI is InChI=1S/C15H25N3O3S/c1-13-7-5-8-14(11-13)16-15(19)12-18(22(4,20)21)10-6-9-17(2)3/h5,7-8,11H,6,9-10,12H2,1-4H3,(H,16,19). The smallest absolute Gasteiger partial charge is 0.239 e. The Balaban J connectivity index is 2.63. The lowest BCUT2D eigenvalue weighted by Crippen LogP contribution is -2.38. The van der Waals surface area contributed by atoms with E-state index in [4.69, 9.17) is 0 Å². The van der Waals surface area contributed by atoms with E-state index in [-0.39, 0.29) is 12.5 Å². The zero-order valence-electron chi connectivity index (χ0n) is 13.7. The molecule has 1 aromatic carbocycles. The Kier molecular flexibility index (Phi) is 6.99. The van der Waals surface area contributed by atoms with Gasteiger partial charge in [0.05, 0.1) is 12.8 Å². The second-order valence-electron chi connectivity index (χ2n) is 5.67. The molecule has 0 spiro atoms. The SMILES string of the molecule is Cc1cccc(NC(=O)CN(CCCN(C)C)S(C)(=O)=O)c1. The molecule has 124 valence electrons. The first-order valence-corrected chi connectivity index (χ1v) is 8.99. The number of nitrogens with one attached hydrogen (secondary N) is 1. The van der Waals surface area contributed by atoms with Gasteiger partial charge in [-0.25, -0.2) is 8.42 Å². The first kappa shape index (κ1) is 18.6. The number of hydrogen-bond donors (Lipinski definition) is 1. The van der Waals surface area contributed by atoms with E-state index in [1.54, 1.807) is 6.07 Å². The average Bonchev–Trinajstić information content (AvgIpc) is 2.35. The lowest BCUT2D eigenvalue weighted by Gasteiger charge is -2.20. The van der Waals surface area contributed by atoms with Crippen molar-refractivity contribution in [1.82, 2.24) is 9.21 Å². The average molecular weight is 327 g/mol. The Morgan fingerprint density at radius 1 is 1.23 bits per heavy atom. The molecule has 0 aromatic heterocycles. The van der Waals surface area contributed by atoms with Gasteiger partial charge in [0.1, 0.15) is 0 Å². The number of carbonyl (C=O) groups excluding carboxylic acids is 1. The normalized spacial score (nSPS) is 11.9. The van der Waals surface area contributed by atoms with Crippen molar-refractivity contribution in [2.45, 2.75) is 13.3 Å². The van der Waals surface area contributed by atoms with Crippen molar-refractivity contribution in [2.24, 2.45) is 0 Å². The Bertz CT molecular complexity index is 600. The van der Waals surface area contributed by atoms with Gasteiger partial charge < -0.3 is 10.2 Å². The van der Waals surface area contributed by atoms with E-state index in [0.717, 1.165) is 18.4 Å². The number of benzene rings is 1. The Morgan fingerprint density at radius 2 is 1.91 bits per heavy atom. The van der Waals surface area contributed by atoms with E-state index < -0.39 is 10.0 Å². The number of amides is 1. The highest BCUT2D eigenvalue weighted by atomic mass is 32.2.